The van der Waals surface area contributed by atoms with Gasteiger partial charge in [-0.15, -0.1) is 0 Å². The number of rotatable bonds is 1. The molecular weight excluding hydrogens is 156 g/mol. The second kappa shape index (κ2) is 3.78. The van der Waals surface area contributed by atoms with Crippen LogP contribution >= 0.6 is 0 Å². The summed E-state index contributed by atoms with van der Waals surface area (Å²) in [6.45, 7) is 10.7. The van der Waals surface area contributed by atoms with Gasteiger partial charge in [-0.3, -0.25) is 0 Å². The average molecular weight is 173 g/mol. The molecule has 1 radical (unpaired) electrons. The molecule has 69 valence electrons. The first kappa shape index (κ1) is 10.0. The number of aryl methyl sites for hydroxylation is 1. The van der Waals surface area contributed by atoms with E-state index in [2.05, 4.69) is 39.8 Å². The van der Waals surface area contributed by atoms with Gasteiger partial charge < -0.3 is 0 Å². The fourth-order valence-corrected chi connectivity index (χ4v) is 1.52. The first-order valence-corrected chi connectivity index (χ1v) is 4.69. The van der Waals surface area contributed by atoms with Gasteiger partial charge in [-0.1, -0.05) is 12.1 Å². The lowest BCUT2D eigenvalue weighted by atomic mass is 9.94. The van der Waals surface area contributed by atoms with E-state index >= 15 is 0 Å². The van der Waals surface area contributed by atoms with E-state index in [1.807, 2.05) is 13.0 Å². The highest BCUT2D eigenvalue weighted by atomic mass is 14.1. The van der Waals surface area contributed by atoms with Crippen LogP contribution in [0.4, 0.5) is 0 Å². The number of allylic oxidation sites excluding steroid dienone is 1. The van der Waals surface area contributed by atoms with Crippen molar-refractivity contribution in [1.82, 2.24) is 0 Å². The number of benzene rings is 1. The molecule has 0 aliphatic heterocycles. The van der Waals surface area contributed by atoms with E-state index in [-0.39, 0.29) is 0 Å². The van der Waals surface area contributed by atoms with Crippen LogP contribution in [-0.2, 0) is 0 Å². The summed E-state index contributed by atoms with van der Waals surface area (Å²) >= 11 is 0. The Bertz CT molecular complexity index is 344. The zero-order chi connectivity index (χ0) is 10.0. The van der Waals surface area contributed by atoms with Gasteiger partial charge in [-0.25, -0.2) is 0 Å². The summed E-state index contributed by atoms with van der Waals surface area (Å²) in [6, 6.07) is 2.21. The minimum Gasteiger partial charge on any atom is -0.0792 e. The van der Waals surface area contributed by atoms with Crippen molar-refractivity contribution in [2.45, 2.75) is 34.6 Å². The summed E-state index contributed by atoms with van der Waals surface area (Å²) in [7, 11) is 0. The standard InChI is InChI=1S/C13H17/c1-6-7-13-8-9(2)10(3)11(4)12(13)5/h6,8H,1-5H3. The normalized spacial score (nSPS) is 11.2. The highest BCUT2D eigenvalue weighted by Gasteiger charge is 2.04. The molecule has 1 aromatic rings. The molecule has 0 spiro atoms. The van der Waals surface area contributed by atoms with E-state index in [0.717, 1.165) is 0 Å². The van der Waals surface area contributed by atoms with Crippen molar-refractivity contribution in [2.75, 3.05) is 0 Å². The maximum Gasteiger partial charge on any atom is -0.0146 e. The van der Waals surface area contributed by atoms with E-state index < -0.39 is 0 Å². The summed E-state index contributed by atoms with van der Waals surface area (Å²) in [5.41, 5.74) is 6.72. The van der Waals surface area contributed by atoms with Crippen LogP contribution in [0.15, 0.2) is 12.1 Å². The second-order valence-corrected chi connectivity index (χ2v) is 3.55. The monoisotopic (exact) mass is 173 g/mol. The Morgan fingerprint density at radius 3 is 2.15 bits per heavy atom. The summed E-state index contributed by atoms with van der Waals surface area (Å²) in [6.07, 6.45) is 5.23. The Kier molecular flexibility index (Phi) is 2.92. The molecule has 0 heteroatoms. The highest BCUT2D eigenvalue weighted by Crippen LogP contribution is 2.20. The minimum atomic E-state index is 1.23. The lowest BCUT2D eigenvalue weighted by molar-refractivity contribution is 1.19. The zero-order valence-corrected chi connectivity index (χ0v) is 9.15. The van der Waals surface area contributed by atoms with Gasteiger partial charge in [0.25, 0.3) is 0 Å². The van der Waals surface area contributed by atoms with Crippen LogP contribution in [0, 0.1) is 33.8 Å². The van der Waals surface area contributed by atoms with Crippen molar-refractivity contribution in [3.05, 3.63) is 46.0 Å². The Hall–Kier alpha value is -1.04. The van der Waals surface area contributed by atoms with Gasteiger partial charge in [0, 0.05) is 0 Å². The molecule has 1 aromatic carbocycles. The van der Waals surface area contributed by atoms with Crippen molar-refractivity contribution >= 4 is 0 Å². The fraction of sp³-hybridized carbons (Fsp3) is 0.385. The molecule has 0 aliphatic rings. The van der Waals surface area contributed by atoms with Crippen LogP contribution in [0.2, 0.25) is 0 Å². The van der Waals surface area contributed by atoms with Crippen LogP contribution in [0.3, 0.4) is 0 Å². The Morgan fingerprint density at radius 1 is 1.00 bits per heavy atom. The van der Waals surface area contributed by atoms with Gasteiger partial charge >= 0.3 is 0 Å². The molecule has 0 aliphatic carbocycles. The number of hydrogen-bond acceptors (Lipinski definition) is 0. The fourth-order valence-electron chi connectivity index (χ4n) is 1.52. The van der Waals surface area contributed by atoms with Crippen LogP contribution < -0.4 is 0 Å². The summed E-state index contributed by atoms with van der Waals surface area (Å²) in [5.74, 6) is 0. The molecule has 0 unspecified atom stereocenters. The summed E-state index contributed by atoms with van der Waals surface area (Å²) in [4.78, 5) is 0. The van der Waals surface area contributed by atoms with Gasteiger partial charge in [-0.2, -0.15) is 0 Å². The van der Waals surface area contributed by atoms with Crippen LogP contribution in [-0.4, -0.2) is 0 Å². The molecule has 0 atom stereocenters. The van der Waals surface area contributed by atoms with E-state index in [1.165, 1.54) is 27.8 Å². The van der Waals surface area contributed by atoms with Gasteiger partial charge in [-0.05, 0) is 68.5 Å². The molecule has 0 nitrogen and oxygen atoms in total. The van der Waals surface area contributed by atoms with E-state index in [1.54, 1.807) is 0 Å². The third kappa shape index (κ3) is 1.82. The van der Waals surface area contributed by atoms with Crippen molar-refractivity contribution in [3.8, 4) is 0 Å². The van der Waals surface area contributed by atoms with Crippen LogP contribution in [0.25, 0.3) is 0 Å². The predicted molar refractivity (Wildman–Crippen MR) is 58.0 cm³/mol. The third-order valence-electron chi connectivity index (χ3n) is 2.78. The van der Waals surface area contributed by atoms with Gasteiger partial charge in [0.15, 0.2) is 0 Å². The Labute approximate surface area is 81.3 Å². The molecule has 1 rings (SSSR count). The predicted octanol–water partition coefficient (Wildman–Crippen LogP) is 3.65. The maximum absolute atomic E-state index is 3.26. The maximum atomic E-state index is 3.26. The van der Waals surface area contributed by atoms with E-state index in [0.29, 0.717) is 0 Å². The van der Waals surface area contributed by atoms with Crippen molar-refractivity contribution in [2.24, 2.45) is 0 Å². The van der Waals surface area contributed by atoms with Crippen LogP contribution in [0.5, 0.6) is 0 Å². The first-order valence-electron chi connectivity index (χ1n) is 4.69. The number of hydrogen-bond donors (Lipinski definition) is 0. The first-order chi connectivity index (χ1) is 6.07. The molecule has 0 saturated heterocycles. The van der Waals surface area contributed by atoms with E-state index in [4.69, 9.17) is 0 Å². The van der Waals surface area contributed by atoms with E-state index in [9.17, 15) is 0 Å². The van der Waals surface area contributed by atoms with Crippen molar-refractivity contribution in [1.29, 1.82) is 0 Å². The van der Waals surface area contributed by atoms with Crippen molar-refractivity contribution in [3.63, 3.8) is 0 Å². The molecule has 0 aromatic heterocycles. The zero-order valence-electron chi connectivity index (χ0n) is 9.15. The quantitative estimate of drug-likeness (QED) is 0.608. The molecule has 0 amide bonds. The SMILES string of the molecule is C/C=[C]/c1cc(C)c(C)c(C)c1C. The Morgan fingerprint density at radius 2 is 1.62 bits per heavy atom. The third-order valence-corrected chi connectivity index (χ3v) is 2.78. The summed E-state index contributed by atoms with van der Waals surface area (Å²) in [5, 5.41) is 0. The molecule has 0 fully saturated rings. The largest absolute Gasteiger partial charge is 0.0792 e. The summed E-state index contributed by atoms with van der Waals surface area (Å²) < 4.78 is 0. The average Bonchev–Trinajstić information content (AvgIpc) is 2.11. The lowest BCUT2D eigenvalue weighted by Gasteiger charge is -2.11. The van der Waals surface area contributed by atoms with Gasteiger partial charge in [0.05, 0.1) is 0 Å². The smallest absolute Gasteiger partial charge is 0.0146 e. The van der Waals surface area contributed by atoms with Gasteiger partial charge in [0.1, 0.15) is 0 Å². The molecule has 0 bridgehead atoms. The Balaban J connectivity index is 3.40. The molecular formula is C13H17. The lowest BCUT2D eigenvalue weighted by Crippen LogP contribution is -1.94. The molecule has 0 N–H and O–H groups in total. The second-order valence-electron chi connectivity index (χ2n) is 3.55. The van der Waals surface area contributed by atoms with Gasteiger partial charge in [0.2, 0.25) is 0 Å². The molecule has 0 heterocycles. The topological polar surface area (TPSA) is 0 Å². The van der Waals surface area contributed by atoms with Crippen LogP contribution in [0.1, 0.15) is 34.7 Å². The molecule has 13 heavy (non-hydrogen) atoms. The minimum absolute atomic E-state index is 1.23. The molecule has 0 saturated carbocycles. The van der Waals surface area contributed by atoms with Crippen molar-refractivity contribution < 1.29 is 0 Å². The highest BCUT2D eigenvalue weighted by molar-refractivity contribution is 5.45.